The first-order chi connectivity index (χ1) is 11.1. The van der Waals surface area contributed by atoms with Gasteiger partial charge in [0, 0.05) is 25.0 Å². The zero-order valence-electron chi connectivity index (χ0n) is 14.5. The average molecular weight is 314 g/mol. The quantitative estimate of drug-likeness (QED) is 0.877. The fourth-order valence-electron chi connectivity index (χ4n) is 4.56. The second-order valence-electron chi connectivity index (χ2n) is 7.44. The number of carbonyl (C=O) groups excluding carboxylic acids is 1. The summed E-state index contributed by atoms with van der Waals surface area (Å²) in [5.41, 5.74) is 8.34. The van der Waals surface area contributed by atoms with Crippen molar-refractivity contribution >= 4 is 5.78 Å². The molecule has 0 spiro atoms. The lowest BCUT2D eigenvalue weighted by Crippen LogP contribution is -2.40. The van der Waals surface area contributed by atoms with Gasteiger partial charge in [-0.3, -0.25) is 4.79 Å². The number of benzene rings is 1. The molecule has 2 heterocycles. The van der Waals surface area contributed by atoms with E-state index in [1.54, 1.807) is 0 Å². The van der Waals surface area contributed by atoms with Crippen molar-refractivity contribution in [1.29, 1.82) is 0 Å². The summed E-state index contributed by atoms with van der Waals surface area (Å²) in [6.45, 7) is 2.57. The molecule has 3 nitrogen and oxygen atoms in total. The van der Waals surface area contributed by atoms with Crippen LogP contribution in [0.1, 0.15) is 56.1 Å². The first kappa shape index (κ1) is 16.7. The van der Waals surface area contributed by atoms with Crippen LogP contribution in [0.25, 0.3) is 0 Å². The Kier molecular flexibility index (Phi) is 5.17. The molecule has 3 rings (SSSR count). The summed E-state index contributed by atoms with van der Waals surface area (Å²) in [6.07, 6.45) is 6.73. The first-order valence-electron chi connectivity index (χ1n) is 9.15. The van der Waals surface area contributed by atoms with Crippen LogP contribution in [0.15, 0.2) is 24.3 Å². The molecule has 0 aliphatic carbocycles. The van der Waals surface area contributed by atoms with E-state index in [1.807, 2.05) is 0 Å². The third-order valence-corrected chi connectivity index (χ3v) is 6.10. The van der Waals surface area contributed by atoms with E-state index in [4.69, 9.17) is 5.73 Å². The summed E-state index contributed by atoms with van der Waals surface area (Å²) >= 11 is 0. The van der Waals surface area contributed by atoms with E-state index < -0.39 is 0 Å². The van der Waals surface area contributed by atoms with Crippen molar-refractivity contribution < 1.29 is 4.79 Å². The number of hydrogen-bond acceptors (Lipinski definition) is 3. The van der Waals surface area contributed by atoms with E-state index in [0.717, 1.165) is 12.0 Å². The number of rotatable bonds is 6. The number of aryl methyl sites for hydroxylation is 1. The SMILES string of the molecule is CCc1ccc([C@@H](CN)C(=O)CC2CC3CCC(C2)N3C)cc1. The Balaban J connectivity index is 1.63. The monoisotopic (exact) mass is 314 g/mol. The Morgan fingerprint density at radius 2 is 1.83 bits per heavy atom. The standard InChI is InChI=1S/C20H30N2O/c1-3-14-4-6-16(7-5-14)19(13-21)20(23)12-15-10-17-8-9-18(11-15)22(17)2/h4-7,15,17-19H,3,8-13,21H2,1-2H3/t15?,17?,18?,19-/m1/s1. The lowest BCUT2D eigenvalue weighted by atomic mass is 9.82. The molecule has 0 aromatic heterocycles. The van der Waals surface area contributed by atoms with Crippen molar-refractivity contribution in [3.63, 3.8) is 0 Å². The van der Waals surface area contributed by atoms with Crippen LogP contribution in [-0.4, -0.2) is 36.4 Å². The summed E-state index contributed by atoms with van der Waals surface area (Å²) in [7, 11) is 2.25. The zero-order valence-corrected chi connectivity index (χ0v) is 14.5. The van der Waals surface area contributed by atoms with Crippen LogP contribution in [0.4, 0.5) is 0 Å². The molecule has 2 aliphatic heterocycles. The number of hydrogen-bond donors (Lipinski definition) is 1. The Morgan fingerprint density at radius 3 is 2.35 bits per heavy atom. The van der Waals surface area contributed by atoms with E-state index in [1.165, 1.54) is 31.2 Å². The Bertz CT molecular complexity index is 525. The molecule has 0 saturated carbocycles. The topological polar surface area (TPSA) is 46.3 Å². The third-order valence-electron chi connectivity index (χ3n) is 6.10. The molecule has 0 amide bonds. The van der Waals surface area contributed by atoms with E-state index in [-0.39, 0.29) is 5.92 Å². The van der Waals surface area contributed by atoms with Gasteiger partial charge in [0.25, 0.3) is 0 Å². The summed E-state index contributed by atoms with van der Waals surface area (Å²) in [5, 5.41) is 0. The maximum absolute atomic E-state index is 12.8. The number of piperidine rings is 1. The van der Waals surface area contributed by atoms with Gasteiger partial charge < -0.3 is 10.6 Å². The molecule has 3 atom stereocenters. The summed E-state index contributed by atoms with van der Waals surface area (Å²) < 4.78 is 0. The van der Waals surface area contributed by atoms with E-state index in [9.17, 15) is 4.79 Å². The Labute approximate surface area is 140 Å². The largest absolute Gasteiger partial charge is 0.329 e. The number of nitrogens with two attached hydrogens (primary N) is 1. The predicted octanol–water partition coefficient (Wildman–Crippen LogP) is 3.12. The van der Waals surface area contributed by atoms with Crippen molar-refractivity contribution in [2.24, 2.45) is 11.7 Å². The van der Waals surface area contributed by atoms with Crippen LogP contribution in [0.5, 0.6) is 0 Å². The highest BCUT2D eigenvalue weighted by Gasteiger charge is 2.39. The maximum Gasteiger partial charge on any atom is 0.141 e. The minimum Gasteiger partial charge on any atom is -0.329 e. The summed E-state index contributed by atoms with van der Waals surface area (Å²) in [6, 6.07) is 9.83. The van der Waals surface area contributed by atoms with Crippen molar-refractivity contribution in [2.75, 3.05) is 13.6 Å². The van der Waals surface area contributed by atoms with E-state index in [2.05, 4.69) is 43.1 Å². The molecule has 2 fully saturated rings. The zero-order chi connectivity index (χ0) is 16.4. The summed E-state index contributed by atoms with van der Waals surface area (Å²) in [4.78, 5) is 15.4. The number of Topliss-reactive ketones (excluding diaryl/α,β-unsaturated/α-hetero) is 1. The Hall–Kier alpha value is -1.19. The molecule has 2 saturated heterocycles. The highest BCUT2D eigenvalue weighted by Crippen LogP contribution is 2.39. The van der Waals surface area contributed by atoms with Gasteiger partial charge in [-0.05, 0) is 56.2 Å². The van der Waals surface area contributed by atoms with Gasteiger partial charge in [0.1, 0.15) is 5.78 Å². The highest BCUT2D eigenvalue weighted by atomic mass is 16.1. The van der Waals surface area contributed by atoms with E-state index >= 15 is 0 Å². The normalized spacial score (nSPS) is 28.7. The molecule has 2 aliphatic rings. The van der Waals surface area contributed by atoms with E-state index in [0.29, 0.717) is 36.8 Å². The molecule has 126 valence electrons. The lowest BCUT2D eigenvalue weighted by molar-refractivity contribution is -0.121. The van der Waals surface area contributed by atoms with Gasteiger partial charge in [0.05, 0.1) is 5.92 Å². The molecule has 0 radical (unpaired) electrons. The second-order valence-corrected chi connectivity index (χ2v) is 7.44. The maximum atomic E-state index is 12.8. The highest BCUT2D eigenvalue weighted by molar-refractivity contribution is 5.86. The average Bonchev–Trinajstić information content (AvgIpc) is 2.77. The number of ketones is 1. The van der Waals surface area contributed by atoms with Gasteiger partial charge in [0.15, 0.2) is 0 Å². The third kappa shape index (κ3) is 3.51. The molecule has 1 aromatic rings. The van der Waals surface area contributed by atoms with Gasteiger partial charge in [-0.1, -0.05) is 31.2 Å². The van der Waals surface area contributed by atoms with Crippen LogP contribution in [-0.2, 0) is 11.2 Å². The van der Waals surface area contributed by atoms with Crippen molar-refractivity contribution in [2.45, 2.75) is 63.5 Å². The smallest absolute Gasteiger partial charge is 0.141 e. The van der Waals surface area contributed by atoms with Gasteiger partial charge in [-0.15, -0.1) is 0 Å². The molecule has 2 N–H and O–H groups in total. The van der Waals surface area contributed by atoms with Crippen LogP contribution in [0, 0.1) is 5.92 Å². The lowest BCUT2D eigenvalue weighted by Gasteiger charge is -2.36. The van der Waals surface area contributed by atoms with Crippen LogP contribution in [0.2, 0.25) is 0 Å². The molecule has 2 unspecified atom stereocenters. The van der Waals surface area contributed by atoms with Gasteiger partial charge in [-0.25, -0.2) is 0 Å². The van der Waals surface area contributed by atoms with Crippen molar-refractivity contribution in [3.05, 3.63) is 35.4 Å². The minimum atomic E-state index is -0.127. The van der Waals surface area contributed by atoms with Gasteiger partial charge >= 0.3 is 0 Å². The molecule has 2 bridgehead atoms. The van der Waals surface area contributed by atoms with Crippen LogP contribution in [0.3, 0.4) is 0 Å². The predicted molar refractivity (Wildman–Crippen MR) is 94.5 cm³/mol. The fraction of sp³-hybridized carbons (Fsp3) is 0.650. The minimum absolute atomic E-state index is 0.127. The second kappa shape index (κ2) is 7.14. The molecule has 23 heavy (non-hydrogen) atoms. The molecule has 3 heteroatoms. The Morgan fingerprint density at radius 1 is 1.22 bits per heavy atom. The molecular weight excluding hydrogens is 284 g/mol. The number of carbonyl (C=O) groups is 1. The number of nitrogens with zero attached hydrogens (tertiary/aromatic N) is 1. The molecule has 1 aromatic carbocycles. The molecular formula is C20H30N2O. The number of fused-ring (bicyclic) bond motifs is 2. The fourth-order valence-corrected chi connectivity index (χ4v) is 4.56. The van der Waals surface area contributed by atoms with Crippen LogP contribution >= 0.6 is 0 Å². The van der Waals surface area contributed by atoms with Crippen molar-refractivity contribution in [1.82, 2.24) is 4.90 Å². The van der Waals surface area contributed by atoms with Gasteiger partial charge in [-0.2, -0.15) is 0 Å². The van der Waals surface area contributed by atoms with Crippen molar-refractivity contribution in [3.8, 4) is 0 Å². The van der Waals surface area contributed by atoms with Gasteiger partial charge in [0.2, 0.25) is 0 Å². The summed E-state index contributed by atoms with van der Waals surface area (Å²) in [5.74, 6) is 0.768. The first-order valence-corrected chi connectivity index (χ1v) is 9.15. The van der Waals surface area contributed by atoms with Crippen LogP contribution < -0.4 is 5.73 Å².